The Morgan fingerprint density at radius 1 is 1.30 bits per heavy atom. The summed E-state index contributed by atoms with van der Waals surface area (Å²) in [7, 11) is 0. The first-order valence-corrected chi connectivity index (χ1v) is 9.72. The largest absolute Gasteiger partial charge is 0.390 e. The van der Waals surface area contributed by atoms with E-state index >= 15 is 4.39 Å². The fourth-order valence-corrected chi connectivity index (χ4v) is 6.80. The number of allylic oxidation sites excluding steroid dienone is 4. The van der Waals surface area contributed by atoms with Crippen molar-refractivity contribution in [1.29, 1.82) is 0 Å². The van der Waals surface area contributed by atoms with Crippen molar-refractivity contribution in [1.82, 2.24) is 0 Å². The Kier molecular flexibility index (Phi) is 3.92. The van der Waals surface area contributed by atoms with E-state index in [4.69, 9.17) is 0 Å². The van der Waals surface area contributed by atoms with Gasteiger partial charge in [-0.2, -0.15) is 0 Å². The van der Waals surface area contributed by atoms with E-state index in [1.807, 2.05) is 0 Å². The minimum Gasteiger partial charge on any atom is -0.390 e. The van der Waals surface area contributed by atoms with Gasteiger partial charge in [0.2, 0.25) is 0 Å². The minimum absolute atomic E-state index is 0.0580. The van der Waals surface area contributed by atoms with Gasteiger partial charge in [-0.05, 0) is 57.1 Å². The van der Waals surface area contributed by atoms with Gasteiger partial charge in [0.25, 0.3) is 0 Å². The summed E-state index contributed by atoms with van der Waals surface area (Å²) in [6.07, 6.45) is 4.65. The molecule has 3 fully saturated rings. The van der Waals surface area contributed by atoms with Crippen LogP contribution in [0.15, 0.2) is 23.8 Å². The van der Waals surface area contributed by atoms with Gasteiger partial charge in [0.05, 0.1) is 6.10 Å². The molecule has 0 amide bonds. The van der Waals surface area contributed by atoms with E-state index in [0.29, 0.717) is 24.8 Å². The van der Waals surface area contributed by atoms with Gasteiger partial charge >= 0.3 is 0 Å². The highest BCUT2D eigenvalue weighted by atomic mass is 19.1. The molecule has 4 rings (SSSR count). The quantitative estimate of drug-likeness (QED) is 0.679. The molecule has 0 heterocycles. The van der Waals surface area contributed by atoms with Crippen LogP contribution in [0.25, 0.3) is 0 Å². The van der Waals surface area contributed by atoms with Crippen molar-refractivity contribution in [2.75, 3.05) is 6.61 Å². The molecule has 4 aliphatic rings. The van der Waals surface area contributed by atoms with Crippen LogP contribution in [-0.2, 0) is 9.59 Å². The molecule has 6 heteroatoms. The first kappa shape index (κ1) is 19.0. The maximum atomic E-state index is 16.7. The molecule has 148 valence electrons. The molecule has 0 aromatic rings. The Labute approximate surface area is 158 Å². The van der Waals surface area contributed by atoms with Crippen molar-refractivity contribution >= 4 is 11.6 Å². The molecule has 5 nitrogen and oxygen atoms in total. The average Bonchev–Trinajstić information content (AvgIpc) is 2.88. The zero-order valence-corrected chi connectivity index (χ0v) is 15.7. The summed E-state index contributed by atoms with van der Waals surface area (Å²) >= 11 is 0. The molecule has 0 spiro atoms. The first-order chi connectivity index (χ1) is 12.5. The number of alkyl halides is 1. The van der Waals surface area contributed by atoms with Crippen LogP contribution >= 0.6 is 0 Å². The third-order valence-electron chi connectivity index (χ3n) is 8.40. The van der Waals surface area contributed by atoms with Gasteiger partial charge in [0, 0.05) is 16.7 Å². The summed E-state index contributed by atoms with van der Waals surface area (Å²) in [5.41, 5.74) is -5.07. The summed E-state index contributed by atoms with van der Waals surface area (Å²) in [5, 5.41) is 31.5. The second-order valence-corrected chi connectivity index (χ2v) is 9.24. The molecule has 27 heavy (non-hydrogen) atoms. The van der Waals surface area contributed by atoms with Crippen molar-refractivity contribution in [3.63, 3.8) is 0 Å². The van der Waals surface area contributed by atoms with E-state index in [2.05, 4.69) is 0 Å². The lowest BCUT2D eigenvalue weighted by Gasteiger charge is -2.62. The van der Waals surface area contributed by atoms with Crippen LogP contribution in [0.2, 0.25) is 0 Å². The smallest absolute Gasteiger partial charge is 0.190 e. The molecule has 0 aromatic heterocycles. The maximum absolute atomic E-state index is 16.7. The number of fused-ring (bicyclic) bond motifs is 5. The third kappa shape index (κ3) is 2.04. The van der Waals surface area contributed by atoms with Crippen molar-refractivity contribution in [3.05, 3.63) is 23.8 Å². The lowest BCUT2D eigenvalue weighted by molar-refractivity contribution is -0.217. The number of halogens is 1. The Bertz CT molecular complexity index is 775. The topological polar surface area (TPSA) is 94.8 Å². The number of Topliss-reactive ketones (excluding diaryl/α,β-unsaturated/α-hetero) is 1. The van der Waals surface area contributed by atoms with Crippen LogP contribution in [-0.4, -0.2) is 50.9 Å². The van der Waals surface area contributed by atoms with E-state index in [9.17, 15) is 24.9 Å². The van der Waals surface area contributed by atoms with Crippen LogP contribution < -0.4 is 0 Å². The number of hydrogen-bond acceptors (Lipinski definition) is 5. The molecule has 0 saturated heterocycles. The fraction of sp³-hybridized carbons (Fsp3) is 0.714. The van der Waals surface area contributed by atoms with Gasteiger partial charge in [-0.15, -0.1) is 0 Å². The molecule has 4 aliphatic carbocycles. The Balaban J connectivity index is 1.81. The van der Waals surface area contributed by atoms with E-state index in [-0.39, 0.29) is 24.5 Å². The van der Waals surface area contributed by atoms with Gasteiger partial charge in [-0.1, -0.05) is 18.6 Å². The van der Waals surface area contributed by atoms with Crippen LogP contribution in [0.5, 0.6) is 0 Å². The predicted octanol–water partition coefficient (Wildman–Crippen LogP) is 1.65. The van der Waals surface area contributed by atoms with E-state index in [0.717, 1.165) is 0 Å². The molecule has 7 atom stereocenters. The first-order valence-electron chi connectivity index (χ1n) is 9.72. The standard InChI is InChI=1S/C21H27FO5/c1-18-7-5-13(24)9-12(18)3-4-15-14-6-8-20(27,17(26)11-23)19(14,2)10-16(25)21(15,18)22/h5,7,9,14-16,23,25,27H,3-4,6,8,10-11H2,1-2H3/t14-,15-,16+,18-,19-,20-,21+/m0/s1. The number of carbonyl (C=O) groups excluding carboxylic acids is 2. The van der Waals surface area contributed by atoms with Gasteiger partial charge < -0.3 is 15.3 Å². The molecule has 0 radical (unpaired) electrons. The predicted molar refractivity (Wildman–Crippen MR) is 95.4 cm³/mol. The third-order valence-corrected chi connectivity index (χ3v) is 8.40. The number of carbonyl (C=O) groups is 2. The van der Waals surface area contributed by atoms with Crippen LogP contribution in [0.3, 0.4) is 0 Å². The number of rotatable bonds is 2. The van der Waals surface area contributed by atoms with Crippen molar-refractivity contribution < 1.29 is 29.3 Å². The molecular weight excluding hydrogens is 351 g/mol. The highest BCUT2D eigenvalue weighted by molar-refractivity contribution is 6.01. The second-order valence-electron chi connectivity index (χ2n) is 9.24. The summed E-state index contributed by atoms with van der Waals surface area (Å²) in [6, 6.07) is 0. The zero-order valence-electron chi connectivity index (χ0n) is 15.7. The Morgan fingerprint density at radius 2 is 2.00 bits per heavy atom. The van der Waals surface area contributed by atoms with Gasteiger partial charge in [0.1, 0.15) is 12.2 Å². The van der Waals surface area contributed by atoms with E-state index < -0.39 is 46.5 Å². The number of hydrogen-bond donors (Lipinski definition) is 3. The molecule has 0 unspecified atom stereocenters. The number of ketones is 2. The number of aliphatic hydroxyl groups is 3. The molecular formula is C21H27FO5. The van der Waals surface area contributed by atoms with Gasteiger partial charge in [-0.25, -0.2) is 4.39 Å². The van der Waals surface area contributed by atoms with Gasteiger partial charge in [-0.3, -0.25) is 9.59 Å². The molecule has 0 aliphatic heterocycles. The normalized spacial score (nSPS) is 51.3. The van der Waals surface area contributed by atoms with E-state index in [1.165, 1.54) is 12.2 Å². The highest BCUT2D eigenvalue weighted by Crippen LogP contribution is 2.69. The molecule has 0 aromatic carbocycles. The zero-order chi connectivity index (χ0) is 19.8. The number of aliphatic hydroxyl groups excluding tert-OH is 2. The van der Waals surface area contributed by atoms with Crippen LogP contribution in [0.1, 0.15) is 46.0 Å². The van der Waals surface area contributed by atoms with Crippen LogP contribution in [0.4, 0.5) is 4.39 Å². The lowest BCUT2D eigenvalue weighted by Crippen LogP contribution is -2.69. The Hall–Kier alpha value is -1.37. The molecule has 3 saturated carbocycles. The highest BCUT2D eigenvalue weighted by Gasteiger charge is 2.73. The second kappa shape index (κ2) is 5.58. The van der Waals surface area contributed by atoms with Crippen molar-refractivity contribution in [2.45, 2.75) is 63.3 Å². The summed E-state index contributed by atoms with van der Waals surface area (Å²) < 4.78 is 16.7. The summed E-state index contributed by atoms with van der Waals surface area (Å²) in [4.78, 5) is 24.1. The van der Waals surface area contributed by atoms with Crippen LogP contribution in [0, 0.1) is 22.7 Å². The maximum Gasteiger partial charge on any atom is 0.190 e. The Morgan fingerprint density at radius 3 is 2.67 bits per heavy atom. The minimum atomic E-state index is -1.97. The summed E-state index contributed by atoms with van der Waals surface area (Å²) in [5.74, 6) is -1.64. The average molecular weight is 378 g/mol. The van der Waals surface area contributed by atoms with Crippen molar-refractivity contribution in [3.8, 4) is 0 Å². The fourth-order valence-electron chi connectivity index (χ4n) is 6.80. The molecule has 0 bridgehead atoms. The summed E-state index contributed by atoms with van der Waals surface area (Å²) in [6.45, 7) is 2.71. The monoisotopic (exact) mass is 378 g/mol. The van der Waals surface area contributed by atoms with Gasteiger partial charge in [0.15, 0.2) is 17.2 Å². The lowest BCUT2D eigenvalue weighted by atomic mass is 9.44. The van der Waals surface area contributed by atoms with Crippen molar-refractivity contribution in [2.24, 2.45) is 22.7 Å². The van der Waals surface area contributed by atoms with E-state index in [1.54, 1.807) is 19.9 Å². The SMILES string of the molecule is C[C@]12C=CC(=O)C=C1CC[C@H]1[C@@H]3CC[C@](O)(C(=O)CO)[C@@]3(C)C[C@@H](O)[C@]12F. The molecule has 3 N–H and O–H groups in total.